The molecule has 1 aromatic heterocycles. The van der Waals surface area contributed by atoms with E-state index in [1.54, 1.807) is 0 Å². The molecule has 1 N–H and O–H groups in total. The zero-order valence-electron chi connectivity index (χ0n) is 12.6. The average molecular weight is 285 g/mol. The Morgan fingerprint density at radius 2 is 1.90 bits per heavy atom. The van der Waals surface area contributed by atoms with Crippen molar-refractivity contribution in [1.82, 2.24) is 15.5 Å². The number of rotatable bonds is 5. The minimum absolute atomic E-state index is 0.442. The molecule has 1 heterocycles. The molecule has 1 aromatic carbocycles. The van der Waals surface area contributed by atoms with Crippen LogP contribution in [0.1, 0.15) is 55.8 Å². The van der Waals surface area contributed by atoms with Crippen LogP contribution in [0.3, 0.4) is 0 Å². The van der Waals surface area contributed by atoms with Crippen LogP contribution in [-0.4, -0.2) is 22.7 Å². The molecule has 0 aliphatic heterocycles. The molecule has 0 spiro atoms. The van der Waals surface area contributed by atoms with E-state index in [0.29, 0.717) is 12.0 Å². The Hall–Kier alpha value is -1.68. The molecule has 1 fully saturated rings. The van der Waals surface area contributed by atoms with Gasteiger partial charge in [0.15, 0.2) is 5.82 Å². The van der Waals surface area contributed by atoms with E-state index in [0.717, 1.165) is 37.5 Å². The molecule has 4 heteroatoms. The smallest absolute Gasteiger partial charge is 0.229 e. The van der Waals surface area contributed by atoms with Crippen molar-refractivity contribution in [1.29, 1.82) is 0 Å². The Balaban J connectivity index is 1.58. The summed E-state index contributed by atoms with van der Waals surface area (Å²) in [5, 5.41) is 7.67. The van der Waals surface area contributed by atoms with Gasteiger partial charge < -0.3 is 9.84 Å². The minimum Gasteiger partial charge on any atom is -0.339 e. The first-order valence-corrected chi connectivity index (χ1v) is 7.95. The quantitative estimate of drug-likeness (QED) is 0.916. The normalized spacial score (nSPS) is 22.3. The Bertz CT molecular complexity index is 544. The van der Waals surface area contributed by atoms with E-state index in [1.165, 1.54) is 18.4 Å². The second-order valence-corrected chi connectivity index (χ2v) is 5.82. The zero-order chi connectivity index (χ0) is 14.5. The molecular weight excluding hydrogens is 262 g/mol. The van der Waals surface area contributed by atoms with Crippen molar-refractivity contribution in [2.75, 3.05) is 6.54 Å². The second kappa shape index (κ2) is 6.85. The summed E-state index contributed by atoms with van der Waals surface area (Å²) in [6.07, 6.45) is 5.44. The third-order valence-corrected chi connectivity index (χ3v) is 4.26. The van der Waals surface area contributed by atoms with E-state index < -0.39 is 0 Å². The first-order chi connectivity index (χ1) is 10.3. The Labute approximate surface area is 126 Å². The highest BCUT2D eigenvalue weighted by molar-refractivity contribution is 5.18. The van der Waals surface area contributed by atoms with Crippen LogP contribution in [0, 0.1) is 0 Å². The predicted octanol–water partition coefficient (Wildman–Crippen LogP) is 3.30. The minimum atomic E-state index is 0.442. The van der Waals surface area contributed by atoms with Crippen molar-refractivity contribution in [2.24, 2.45) is 0 Å². The molecule has 3 rings (SSSR count). The molecule has 21 heavy (non-hydrogen) atoms. The van der Waals surface area contributed by atoms with Gasteiger partial charge in [0.05, 0.1) is 0 Å². The maximum absolute atomic E-state index is 5.49. The number of hydrogen-bond acceptors (Lipinski definition) is 4. The van der Waals surface area contributed by atoms with Crippen LogP contribution in [0.25, 0.3) is 0 Å². The topological polar surface area (TPSA) is 51.0 Å². The molecule has 1 aliphatic rings. The van der Waals surface area contributed by atoms with Crippen LogP contribution in [0.15, 0.2) is 34.9 Å². The van der Waals surface area contributed by atoms with Gasteiger partial charge in [0.2, 0.25) is 5.89 Å². The summed E-state index contributed by atoms with van der Waals surface area (Å²) < 4.78 is 5.49. The van der Waals surface area contributed by atoms with E-state index in [4.69, 9.17) is 4.52 Å². The lowest BCUT2D eigenvalue weighted by Gasteiger charge is -2.26. The van der Waals surface area contributed by atoms with Gasteiger partial charge in [-0.3, -0.25) is 0 Å². The number of nitrogens with zero attached hydrogens (tertiary/aromatic N) is 2. The molecule has 4 nitrogen and oxygen atoms in total. The fourth-order valence-corrected chi connectivity index (χ4v) is 3.12. The van der Waals surface area contributed by atoms with Gasteiger partial charge in [-0.25, -0.2) is 0 Å². The molecule has 0 saturated heterocycles. The van der Waals surface area contributed by atoms with Crippen molar-refractivity contribution >= 4 is 0 Å². The monoisotopic (exact) mass is 285 g/mol. The number of aromatic nitrogens is 2. The fourth-order valence-electron chi connectivity index (χ4n) is 3.12. The molecule has 0 bridgehead atoms. The lowest BCUT2D eigenvalue weighted by Crippen LogP contribution is -2.32. The van der Waals surface area contributed by atoms with Crippen molar-refractivity contribution in [3.63, 3.8) is 0 Å². The molecule has 0 unspecified atom stereocenters. The summed E-state index contributed by atoms with van der Waals surface area (Å²) in [6, 6.07) is 11.0. The first-order valence-electron chi connectivity index (χ1n) is 7.95. The van der Waals surface area contributed by atoms with Gasteiger partial charge in [0, 0.05) is 18.4 Å². The summed E-state index contributed by atoms with van der Waals surface area (Å²) in [5.74, 6) is 2.07. The largest absolute Gasteiger partial charge is 0.339 e. The van der Waals surface area contributed by atoms with E-state index in [9.17, 15) is 0 Å². The van der Waals surface area contributed by atoms with Crippen molar-refractivity contribution in [2.45, 2.75) is 51.0 Å². The Morgan fingerprint density at radius 3 is 2.62 bits per heavy atom. The maximum atomic E-state index is 5.49. The van der Waals surface area contributed by atoms with Crippen LogP contribution < -0.4 is 5.32 Å². The zero-order valence-corrected chi connectivity index (χ0v) is 12.6. The third kappa shape index (κ3) is 3.70. The molecule has 112 valence electrons. The first kappa shape index (κ1) is 14.3. The van der Waals surface area contributed by atoms with Crippen molar-refractivity contribution < 1.29 is 4.52 Å². The molecule has 1 saturated carbocycles. The van der Waals surface area contributed by atoms with Crippen LogP contribution in [0.4, 0.5) is 0 Å². The molecule has 0 amide bonds. The van der Waals surface area contributed by atoms with Crippen molar-refractivity contribution in [3.05, 3.63) is 47.6 Å². The van der Waals surface area contributed by atoms with Gasteiger partial charge in [-0.2, -0.15) is 4.98 Å². The molecular formula is C17H23N3O. The molecule has 0 radical (unpaired) electrons. The van der Waals surface area contributed by atoms with Gasteiger partial charge in [-0.15, -0.1) is 0 Å². The summed E-state index contributed by atoms with van der Waals surface area (Å²) in [6.45, 7) is 3.22. The summed E-state index contributed by atoms with van der Waals surface area (Å²) in [7, 11) is 0. The standard InChI is InChI=1S/C17H23N3O/c1-2-18-15-10-8-14(9-11-15)17-19-16(20-21-17)12-13-6-4-3-5-7-13/h3-7,14-15,18H,2,8-12H2,1H3. The van der Waals surface area contributed by atoms with Crippen LogP contribution in [-0.2, 0) is 6.42 Å². The summed E-state index contributed by atoms with van der Waals surface area (Å²) in [4.78, 5) is 4.60. The van der Waals surface area contributed by atoms with E-state index in [1.807, 2.05) is 18.2 Å². The highest BCUT2D eigenvalue weighted by Gasteiger charge is 2.25. The molecule has 0 atom stereocenters. The second-order valence-electron chi connectivity index (χ2n) is 5.82. The fraction of sp³-hybridized carbons (Fsp3) is 0.529. The summed E-state index contributed by atoms with van der Waals surface area (Å²) in [5.41, 5.74) is 1.22. The Kier molecular flexibility index (Phi) is 4.65. The number of hydrogen-bond donors (Lipinski definition) is 1. The number of benzene rings is 1. The maximum Gasteiger partial charge on any atom is 0.229 e. The highest BCUT2D eigenvalue weighted by atomic mass is 16.5. The van der Waals surface area contributed by atoms with Crippen LogP contribution in [0.5, 0.6) is 0 Å². The highest BCUT2D eigenvalue weighted by Crippen LogP contribution is 2.32. The van der Waals surface area contributed by atoms with Gasteiger partial charge in [0.1, 0.15) is 0 Å². The lowest BCUT2D eigenvalue weighted by atomic mass is 9.86. The van der Waals surface area contributed by atoms with Gasteiger partial charge >= 0.3 is 0 Å². The molecule has 2 aromatic rings. The van der Waals surface area contributed by atoms with Gasteiger partial charge in [-0.05, 0) is 37.8 Å². The van der Waals surface area contributed by atoms with Gasteiger partial charge in [-0.1, -0.05) is 42.4 Å². The Morgan fingerprint density at radius 1 is 1.14 bits per heavy atom. The third-order valence-electron chi connectivity index (χ3n) is 4.26. The summed E-state index contributed by atoms with van der Waals surface area (Å²) >= 11 is 0. The van der Waals surface area contributed by atoms with Gasteiger partial charge in [0.25, 0.3) is 0 Å². The number of nitrogens with one attached hydrogen (secondary N) is 1. The van der Waals surface area contributed by atoms with E-state index >= 15 is 0 Å². The predicted molar refractivity (Wildman–Crippen MR) is 82.2 cm³/mol. The van der Waals surface area contributed by atoms with Crippen molar-refractivity contribution in [3.8, 4) is 0 Å². The van der Waals surface area contributed by atoms with E-state index in [-0.39, 0.29) is 0 Å². The van der Waals surface area contributed by atoms with Crippen LogP contribution in [0.2, 0.25) is 0 Å². The van der Waals surface area contributed by atoms with Crippen LogP contribution >= 0.6 is 0 Å². The van der Waals surface area contributed by atoms with E-state index in [2.05, 4.69) is 34.5 Å². The average Bonchev–Trinajstić information content (AvgIpc) is 2.98. The molecule has 1 aliphatic carbocycles. The SMILES string of the molecule is CCNC1CCC(c2nc(Cc3ccccc3)no2)CC1. The lowest BCUT2D eigenvalue weighted by molar-refractivity contribution is 0.284.